The van der Waals surface area contributed by atoms with Gasteiger partial charge in [-0.2, -0.15) is 4.98 Å². The van der Waals surface area contributed by atoms with Gasteiger partial charge in [0.15, 0.2) is 5.82 Å². The number of carbonyl (C=O) groups is 1. The van der Waals surface area contributed by atoms with Crippen molar-refractivity contribution in [2.75, 3.05) is 12.3 Å². The minimum Gasteiger partial charge on any atom is -0.444 e. The monoisotopic (exact) mass is 492 g/mol. The molecule has 3 aromatic rings. The third kappa shape index (κ3) is 5.20. The number of nitrogens with zero attached hydrogens (tertiary/aromatic N) is 5. The average molecular weight is 493 g/mol. The molecule has 2 N–H and O–H groups in total. The summed E-state index contributed by atoms with van der Waals surface area (Å²) in [6.45, 7) is 12.6. The van der Waals surface area contributed by atoms with Crippen LogP contribution < -0.4 is 5.73 Å². The maximum Gasteiger partial charge on any atom is 0.410 e. The molecule has 192 valence electrons. The van der Waals surface area contributed by atoms with E-state index in [1.165, 1.54) is 0 Å². The molecule has 1 saturated heterocycles. The number of rotatable bonds is 5. The van der Waals surface area contributed by atoms with Crippen LogP contribution in [0.3, 0.4) is 0 Å². The van der Waals surface area contributed by atoms with E-state index in [1.54, 1.807) is 17.3 Å². The normalized spacial score (nSPS) is 18.2. The van der Waals surface area contributed by atoms with E-state index >= 15 is 0 Å². The Hall–Kier alpha value is -3.49. The van der Waals surface area contributed by atoms with Crippen molar-refractivity contribution in [1.82, 2.24) is 25.0 Å². The van der Waals surface area contributed by atoms with E-state index in [9.17, 15) is 4.79 Å². The first-order chi connectivity index (χ1) is 17.0. The minimum absolute atomic E-state index is 0.182. The summed E-state index contributed by atoms with van der Waals surface area (Å²) in [5, 5.41) is 4.42. The predicted molar refractivity (Wildman–Crippen MR) is 137 cm³/mol. The summed E-state index contributed by atoms with van der Waals surface area (Å²) >= 11 is 0. The SMILES string of the molecule is CC(C)C(C)(c1ccc(-c2cnc(N)nc2)cc1)c1noc(C2CCCCN2C(=O)OC(C)(C)C)n1. The average Bonchev–Trinajstić information content (AvgIpc) is 3.34. The fraction of sp³-hybridized carbons (Fsp3) is 0.519. The number of anilines is 1. The van der Waals surface area contributed by atoms with Crippen LogP contribution in [0.5, 0.6) is 0 Å². The van der Waals surface area contributed by atoms with Crippen LogP contribution in [0.2, 0.25) is 0 Å². The minimum atomic E-state index is -0.570. The lowest BCUT2D eigenvalue weighted by atomic mass is 9.72. The van der Waals surface area contributed by atoms with Crippen LogP contribution in [0.25, 0.3) is 11.1 Å². The highest BCUT2D eigenvalue weighted by atomic mass is 16.6. The summed E-state index contributed by atoms with van der Waals surface area (Å²) in [5.41, 5.74) is 7.51. The molecule has 0 aliphatic carbocycles. The van der Waals surface area contributed by atoms with Crippen LogP contribution in [-0.2, 0) is 10.2 Å². The number of piperidine rings is 1. The topological polar surface area (TPSA) is 120 Å². The van der Waals surface area contributed by atoms with Crippen LogP contribution in [0.1, 0.15) is 84.1 Å². The Morgan fingerprint density at radius 2 is 1.75 bits per heavy atom. The molecule has 1 fully saturated rings. The molecule has 9 nitrogen and oxygen atoms in total. The van der Waals surface area contributed by atoms with Crippen LogP contribution in [0.15, 0.2) is 41.2 Å². The maximum atomic E-state index is 12.9. The highest BCUT2D eigenvalue weighted by Crippen LogP contribution is 2.40. The zero-order valence-electron chi connectivity index (χ0n) is 22.0. The number of benzene rings is 1. The lowest BCUT2D eigenvalue weighted by Gasteiger charge is -2.35. The number of ether oxygens (including phenoxy) is 1. The molecule has 2 aromatic heterocycles. The first-order valence-corrected chi connectivity index (χ1v) is 12.5. The molecule has 2 atom stereocenters. The van der Waals surface area contributed by atoms with Gasteiger partial charge < -0.3 is 15.0 Å². The molecule has 36 heavy (non-hydrogen) atoms. The Balaban J connectivity index is 1.62. The van der Waals surface area contributed by atoms with Crippen molar-refractivity contribution in [2.24, 2.45) is 5.92 Å². The molecule has 0 radical (unpaired) electrons. The van der Waals surface area contributed by atoms with E-state index in [0.717, 1.165) is 36.0 Å². The predicted octanol–water partition coefficient (Wildman–Crippen LogP) is 5.53. The Morgan fingerprint density at radius 3 is 2.36 bits per heavy atom. The molecule has 0 bridgehead atoms. The zero-order chi connectivity index (χ0) is 26.1. The summed E-state index contributed by atoms with van der Waals surface area (Å²) in [6.07, 6.45) is 5.75. The second-order valence-corrected chi connectivity index (χ2v) is 10.9. The van der Waals surface area contributed by atoms with Gasteiger partial charge in [-0.1, -0.05) is 43.3 Å². The van der Waals surface area contributed by atoms with Crippen LogP contribution >= 0.6 is 0 Å². The van der Waals surface area contributed by atoms with Crippen molar-refractivity contribution in [3.8, 4) is 11.1 Å². The Morgan fingerprint density at radius 1 is 1.08 bits per heavy atom. The highest BCUT2D eigenvalue weighted by Gasteiger charge is 2.40. The number of nitrogens with two attached hydrogens (primary N) is 1. The summed E-state index contributed by atoms with van der Waals surface area (Å²) < 4.78 is 11.4. The summed E-state index contributed by atoms with van der Waals surface area (Å²) in [5.74, 6) is 1.49. The van der Waals surface area contributed by atoms with E-state index in [-0.39, 0.29) is 24.0 Å². The number of likely N-dealkylation sites (tertiary alicyclic amines) is 1. The fourth-order valence-corrected chi connectivity index (χ4v) is 4.53. The van der Waals surface area contributed by atoms with Gasteiger partial charge in [0.25, 0.3) is 0 Å². The first kappa shape index (κ1) is 25.6. The third-order valence-electron chi connectivity index (χ3n) is 6.97. The molecule has 1 amide bonds. The molecule has 1 aliphatic heterocycles. The van der Waals surface area contributed by atoms with E-state index in [2.05, 4.69) is 48.0 Å². The van der Waals surface area contributed by atoms with E-state index in [1.807, 2.05) is 32.9 Å². The molecule has 4 rings (SSSR count). The van der Waals surface area contributed by atoms with Crippen molar-refractivity contribution in [3.63, 3.8) is 0 Å². The Bertz CT molecular complexity index is 1180. The molecule has 9 heteroatoms. The maximum absolute atomic E-state index is 12.9. The molecular weight excluding hydrogens is 456 g/mol. The van der Waals surface area contributed by atoms with Gasteiger partial charge in [-0.25, -0.2) is 14.8 Å². The second kappa shape index (κ2) is 9.87. The van der Waals surface area contributed by atoms with Gasteiger partial charge in [-0.3, -0.25) is 4.90 Å². The van der Waals surface area contributed by atoms with Gasteiger partial charge in [0.05, 0.1) is 5.41 Å². The number of nitrogen functional groups attached to an aromatic ring is 1. The summed E-state index contributed by atoms with van der Waals surface area (Å²) in [4.78, 5) is 27.7. The van der Waals surface area contributed by atoms with Crippen molar-refractivity contribution in [2.45, 2.75) is 77.9 Å². The van der Waals surface area contributed by atoms with Gasteiger partial charge in [0.2, 0.25) is 11.8 Å². The highest BCUT2D eigenvalue weighted by molar-refractivity contribution is 5.68. The summed E-state index contributed by atoms with van der Waals surface area (Å²) in [6, 6.07) is 7.94. The smallest absolute Gasteiger partial charge is 0.410 e. The zero-order valence-corrected chi connectivity index (χ0v) is 22.0. The number of amides is 1. The standard InChI is InChI=1S/C27H36N6O3/c1-17(2)27(6,20-12-10-18(11-13-20)19-15-29-24(28)30-16-19)23-31-22(36-32-23)21-9-7-8-14-33(21)25(34)35-26(3,4)5/h10-13,15-17,21H,7-9,14H2,1-6H3,(H2,28,29,30). The fourth-order valence-electron chi connectivity index (χ4n) is 4.53. The molecule has 0 spiro atoms. The molecule has 3 heterocycles. The van der Waals surface area contributed by atoms with Crippen molar-refractivity contribution in [3.05, 3.63) is 53.9 Å². The number of hydrogen-bond donors (Lipinski definition) is 1. The van der Waals surface area contributed by atoms with Crippen molar-refractivity contribution >= 4 is 12.0 Å². The van der Waals surface area contributed by atoms with Crippen LogP contribution in [0, 0.1) is 5.92 Å². The van der Waals surface area contributed by atoms with Crippen LogP contribution in [-0.4, -0.2) is 43.2 Å². The van der Waals surface area contributed by atoms with Crippen molar-refractivity contribution in [1.29, 1.82) is 0 Å². The van der Waals surface area contributed by atoms with Gasteiger partial charge in [-0.05, 0) is 64.0 Å². The third-order valence-corrected chi connectivity index (χ3v) is 6.97. The van der Waals surface area contributed by atoms with Gasteiger partial charge in [-0.15, -0.1) is 0 Å². The van der Waals surface area contributed by atoms with E-state index in [0.29, 0.717) is 18.3 Å². The molecular formula is C27H36N6O3. The van der Waals surface area contributed by atoms with Gasteiger partial charge >= 0.3 is 6.09 Å². The lowest BCUT2D eigenvalue weighted by molar-refractivity contribution is 0.00537. The second-order valence-electron chi connectivity index (χ2n) is 10.9. The number of aromatic nitrogens is 4. The molecule has 0 saturated carbocycles. The lowest BCUT2D eigenvalue weighted by Crippen LogP contribution is -2.42. The molecule has 1 aromatic carbocycles. The Kier molecular flexibility index (Phi) is 7.02. The van der Waals surface area contributed by atoms with E-state index in [4.69, 9.17) is 20.0 Å². The number of carbonyl (C=O) groups excluding carboxylic acids is 1. The Labute approximate surface area is 212 Å². The first-order valence-electron chi connectivity index (χ1n) is 12.5. The van der Waals surface area contributed by atoms with Crippen molar-refractivity contribution < 1.29 is 14.1 Å². The quantitative estimate of drug-likeness (QED) is 0.493. The number of hydrogen-bond acceptors (Lipinski definition) is 8. The van der Waals surface area contributed by atoms with Crippen LogP contribution in [0.4, 0.5) is 10.7 Å². The van der Waals surface area contributed by atoms with E-state index < -0.39 is 11.0 Å². The largest absolute Gasteiger partial charge is 0.444 e. The summed E-state index contributed by atoms with van der Waals surface area (Å²) in [7, 11) is 0. The molecule has 2 unspecified atom stereocenters. The van der Waals surface area contributed by atoms with Gasteiger partial charge in [0.1, 0.15) is 11.6 Å². The van der Waals surface area contributed by atoms with Gasteiger partial charge in [0, 0.05) is 24.5 Å². The molecule has 1 aliphatic rings.